The van der Waals surface area contributed by atoms with Crippen molar-refractivity contribution < 1.29 is 0 Å². The number of thioether (sulfide) groups is 1. The maximum Gasteiger partial charge on any atom is 0.0426 e. The third-order valence-corrected chi connectivity index (χ3v) is 3.66. The van der Waals surface area contributed by atoms with E-state index in [0.717, 1.165) is 12.2 Å². The van der Waals surface area contributed by atoms with Gasteiger partial charge in [-0.2, -0.15) is 0 Å². The summed E-state index contributed by atoms with van der Waals surface area (Å²) in [7, 11) is 2.09. The summed E-state index contributed by atoms with van der Waals surface area (Å²) in [5, 5.41) is 0. The van der Waals surface area contributed by atoms with Gasteiger partial charge >= 0.3 is 0 Å². The molecule has 18 heavy (non-hydrogen) atoms. The van der Waals surface area contributed by atoms with Crippen LogP contribution in [0.1, 0.15) is 5.56 Å². The van der Waals surface area contributed by atoms with Gasteiger partial charge in [0.25, 0.3) is 0 Å². The first-order chi connectivity index (χ1) is 8.69. The summed E-state index contributed by atoms with van der Waals surface area (Å²) in [5.74, 6) is 0. The molecular weight excluding hydrogens is 240 g/mol. The Kier molecular flexibility index (Phi) is 4.15. The van der Waals surface area contributed by atoms with Crippen molar-refractivity contribution in [2.24, 2.45) is 0 Å². The second-order valence-electron chi connectivity index (χ2n) is 4.30. The van der Waals surface area contributed by atoms with Crippen LogP contribution in [0.25, 0.3) is 0 Å². The van der Waals surface area contributed by atoms with E-state index in [0.29, 0.717) is 0 Å². The number of nitrogen functional groups attached to an aromatic ring is 1. The van der Waals surface area contributed by atoms with Crippen LogP contribution in [-0.4, -0.2) is 13.3 Å². The van der Waals surface area contributed by atoms with Crippen molar-refractivity contribution in [3.05, 3.63) is 54.1 Å². The van der Waals surface area contributed by atoms with E-state index in [1.807, 2.05) is 24.3 Å². The van der Waals surface area contributed by atoms with Crippen LogP contribution in [0.15, 0.2) is 53.4 Å². The standard InChI is InChI=1S/C15H18N2S/c1-17(14-7-5-13(16)6-8-14)11-12-3-9-15(18-2)10-4-12/h3-10H,11,16H2,1-2H3. The molecule has 0 aliphatic carbocycles. The molecule has 2 nitrogen and oxygen atoms in total. The van der Waals surface area contributed by atoms with Crippen molar-refractivity contribution in [2.75, 3.05) is 23.9 Å². The average molecular weight is 258 g/mol. The van der Waals surface area contributed by atoms with Crippen molar-refractivity contribution in [3.63, 3.8) is 0 Å². The molecule has 0 aromatic heterocycles. The second-order valence-corrected chi connectivity index (χ2v) is 5.18. The van der Waals surface area contributed by atoms with Gasteiger partial charge in [-0.3, -0.25) is 0 Å². The molecule has 0 fully saturated rings. The smallest absolute Gasteiger partial charge is 0.0426 e. The maximum atomic E-state index is 5.69. The number of nitrogens with two attached hydrogens (primary N) is 1. The number of benzene rings is 2. The quantitative estimate of drug-likeness (QED) is 0.671. The maximum absolute atomic E-state index is 5.69. The predicted molar refractivity (Wildman–Crippen MR) is 81.2 cm³/mol. The number of rotatable bonds is 4. The van der Waals surface area contributed by atoms with Crippen LogP contribution in [0.3, 0.4) is 0 Å². The topological polar surface area (TPSA) is 29.3 Å². The van der Waals surface area contributed by atoms with E-state index in [4.69, 9.17) is 5.73 Å². The molecule has 0 saturated carbocycles. The van der Waals surface area contributed by atoms with Crippen molar-refractivity contribution in [1.29, 1.82) is 0 Å². The summed E-state index contributed by atoms with van der Waals surface area (Å²) in [5.41, 5.74) is 8.98. The minimum atomic E-state index is 0.802. The van der Waals surface area contributed by atoms with Gasteiger partial charge in [0.15, 0.2) is 0 Å². The van der Waals surface area contributed by atoms with Gasteiger partial charge in [0.05, 0.1) is 0 Å². The molecule has 3 heteroatoms. The molecule has 2 aromatic carbocycles. The minimum Gasteiger partial charge on any atom is -0.399 e. The first-order valence-corrected chi connectivity index (χ1v) is 7.11. The van der Waals surface area contributed by atoms with Crippen LogP contribution < -0.4 is 10.6 Å². The summed E-state index contributed by atoms with van der Waals surface area (Å²) in [6.45, 7) is 0.901. The fraction of sp³-hybridized carbons (Fsp3) is 0.200. The number of anilines is 2. The van der Waals surface area contributed by atoms with E-state index in [1.54, 1.807) is 11.8 Å². The zero-order chi connectivity index (χ0) is 13.0. The van der Waals surface area contributed by atoms with Gasteiger partial charge in [-0.05, 0) is 48.2 Å². The Balaban J connectivity index is 2.05. The third kappa shape index (κ3) is 3.20. The van der Waals surface area contributed by atoms with Crippen LogP contribution in [0.2, 0.25) is 0 Å². The first-order valence-electron chi connectivity index (χ1n) is 5.88. The lowest BCUT2D eigenvalue weighted by Gasteiger charge is -2.19. The summed E-state index contributed by atoms with van der Waals surface area (Å²) >= 11 is 1.77. The number of hydrogen-bond donors (Lipinski definition) is 1. The van der Waals surface area contributed by atoms with E-state index in [9.17, 15) is 0 Å². The zero-order valence-corrected chi connectivity index (χ0v) is 11.6. The average Bonchev–Trinajstić information content (AvgIpc) is 2.40. The van der Waals surface area contributed by atoms with Gasteiger partial charge in [-0.1, -0.05) is 12.1 Å². The Morgan fingerprint density at radius 2 is 1.61 bits per heavy atom. The van der Waals surface area contributed by atoms with Gasteiger partial charge in [0, 0.05) is 29.9 Å². The van der Waals surface area contributed by atoms with Crippen molar-refractivity contribution >= 4 is 23.1 Å². The summed E-state index contributed by atoms with van der Waals surface area (Å²) < 4.78 is 0. The fourth-order valence-electron chi connectivity index (χ4n) is 1.82. The lowest BCUT2D eigenvalue weighted by Crippen LogP contribution is -2.16. The first kappa shape index (κ1) is 12.8. The molecule has 0 radical (unpaired) electrons. The zero-order valence-electron chi connectivity index (χ0n) is 10.8. The molecule has 0 heterocycles. The Labute approximate surface area is 113 Å². The lowest BCUT2D eigenvalue weighted by atomic mass is 10.2. The van der Waals surface area contributed by atoms with Crippen LogP contribution in [0.4, 0.5) is 11.4 Å². The molecule has 94 valence electrons. The third-order valence-electron chi connectivity index (χ3n) is 2.91. The van der Waals surface area contributed by atoms with Gasteiger partial charge in [-0.25, -0.2) is 0 Å². The van der Waals surface area contributed by atoms with E-state index in [2.05, 4.69) is 42.5 Å². The van der Waals surface area contributed by atoms with Crippen LogP contribution >= 0.6 is 11.8 Å². The lowest BCUT2D eigenvalue weighted by molar-refractivity contribution is 0.921. The Morgan fingerprint density at radius 1 is 1.00 bits per heavy atom. The molecule has 0 spiro atoms. The molecule has 0 saturated heterocycles. The monoisotopic (exact) mass is 258 g/mol. The van der Waals surface area contributed by atoms with Crippen LogP contribution in [-0.2, 0) is 6.54 Å². The molecule has 2 N–H and O–H groups in total. The van der Waals surface area contributed by atoms with E-state index >= 15 is 0 Å². The van der Waals surface area contributed by atoms with Gasteiger partial charge in [-0.15, -0.1) is 11.8 Å². The molecule has 0 amide bonds. The molecule has 2 rings (SSSR count). The highest BCUT2D eigenvalue weighted by Crippen LogP contribution is 2.19. The summed E-state index contributed by atoms with van der Waals surface area (Å²) in [6, 6.07) is 16.6. The molecule has 2 aromatic rings. The van der Waals surface area contributed by atoms with Crippen molar-refractivity contribution in [3.8, 4) is 0 Å². The van der Waals surface area contributed by atoms with Gasteiger partial charge < -0.3 is 10.6 Å². The normalized spacial score (nSPS) is 10.3. The molecule has 0 aliphatic rings. The number of nitrogens with zero attached hydrogens (tertiary/aromatic N) is 1. The van der Waals surface area contributed by atoms with E-state index < -0.39 is 0 Å². The molecule has 0 unspecified atom stereocenters. The van der Waals surface area contributed by atoms with E-state index in [-0.39, 0.29) is 0 Å². The number of hydrogen-bond acceptors (Lipinski definition) is 3. The molecule has 0 aliphatic heterocycles. The molecular formula is C15H18N2S. The van der Waals surface area contributed by atoms with Crippen LogP contribution in [0, 0.1) is 0 Å². The molecule has 0 bridgehead atoms. The second kappa shape index (κ2) is 5.83. The van der Waals surface area contributed by atoms with E-state index in [1.165, 1.54) is 16.1 Å². The van der Waals surface area contributed by atoms with Gasteiger partial charge in [0.2, 0.25) is 0 Å². The fourth-order valence-corrected chi connectivity index (χ4v) is 2.23. The van der Waals surface area contributed by atoms with Crippen LogP contribution in [0.5, 0.6) is 0 Å². The summed E-state index contributed by atoms with van der Waals surface area (Å²) in [4.78, 5) is 3.52. The highest BCUT2D eigenvalue weighted by molar-refractivity contribution is 7.98. The highest BCUT2D eigenvalue weighted by atomic mass is 32.2. The van der Waals surface area contributed by atoms with Gasteiger partial charge in [0.1, 0.15) is 0 Å². The Hall–Kier alpha value is -1.61. The molecule has 0 atom stereocenters. The Morgan fingerprint density at radius 3 is 2.17 bits per heavy atom. The summed E-state index contributed by atoms with van der Waals surface area (Å²) in [6.07, 6.45) is 2.09. The largest absolute Gasteiger partial charge is 0.399 e. The minimum absolute atomic E-state index is 0.802. The highest BCUT2D eigenvalue weighted by Gasteiger charge is 2.02. The Bertz CT molecular complexity index is 491. The van der Waals surface area contributed by atoms with Crippen molar-refractivity contribution in [2.45, 2.75) is 11.4 Å². The predicted octanol–water partition coefficient (Wildman–Crippen LogP) is 3.63. The SMILES string of the molecule is CSc1ccc(CN(C)c2ccc(N)cc2)cc1. The van der Waals surface area contributed by atoms with Crippen molar-refractivity contribution in [1.82, 2.24) is 0 Å².